The van der Waals surface area contributed by atoms with Gasteiger partial charge in [0, 0.05) is 18.5 Å². The van der Waals surface area contributed by atoms with Crippen molar-refractivity contribution in [1.29, 1.82) is 0 Å². The molecule has 1 aromatic rings. The summed E-state index contributed by atoms with van der Waals surface area (Å²) in [4.78, 5) is 2.28. The highest BCUT2D eigenvalue weighted by Gasteiger charge is 2.15. The number of rotatable bonds is 1. The molecule has 2 heterocycles. The molecule has 1 aromatic heterocycles. The molecule has 1 aliphatic rings. The Kier molecular flexibility index (Phi) is 2.37. The van der Waals surface area contributed by atoms with Gasteiger partial charge < -0.3 is 4.42 Å². The molecule has 2 heteroatoms. The number of hydrogen-bond donors (Lipinski definition) is 0. The van der Waals surface area contributed by atoms with E-state index in [4.69, 9.17) is 10.8 Å². The minimum atomic E-state index is 0.741. The van der Waals surface area contributed by atoms with Gasteiger partial charge in [-0.25, -0.2) is 0 Å². The highest BCUT2D eigenvalue weighted by Crippen LogP contribution is 2.18. The van der Waals surface area contributed by atoms with Crippen LogP contribution in [0.5, 0.6) is 0 Å². The third kappa shape index (κ3) is 1.76. The van der Waals surface area contributed by atoms with Crippen LogP contribution in [-0.4, -0.2) is 18.0 Å². The molecule has 0 saturated carbocycles. The SMILES string of the molecule is C#CCN1CCCc2occc2C1. The summed E-state index contributed by atoms with van der Waals surface area (Å²) in [6.07, 6.45) is 9.24. The van der Waals surface area contributed by atoms with Crippen LogP contribution in [0.4, 0.5) is 0 Å². The summed E-state index contributed by atoms with van der Waals surface area (Å²) >= 11 is 0. The summed E-state index contributed by atoms with van der Waals surface area (Å²) < 4.78 is 5.38. The van der Waals surface area contributed by atoms with Crippen molar-refractivity contribution in [3.05, 3.63) is 23.7 Å². The van der Waals surface area contributed by atoms with Gasteiger partial charge in [-0.3, -0.25) is 4.90 Å². The average Bonchev–Trinajstić information content (AvgIpc) is 2.46. The first-order chi connectivity index (χ1) is 6.40. The first kappa shape index (κ1) is 8.40. The van der Waals surface area contributed by atoms with E-state index in [0.29, 0.717) is 0 Å². The first-order valence-electron chi connectivity index (χ1n) is 4.61. The van der Waals surface area contributed by atoms with Crippen molar-refractivity contribution in [2.75, 3.05) is 13.1 Å². The lowest BCUT2D eigenvalue weighted by atomic mass is 10.2. The maximum Gasteiger partial charge on any atom is 0.108 e. The normalized spacial score (nSPS) is 17.5. The van der Waals surface area contributed by atoms with Crippen LogP contribution in [-0.2, 0) is 13.0 Å². The number of nitrogens with zero attached hydrogens (tertiary/aromatic N) is 1. The van der Waals surface area contributed by atoms with Crippen molar-refractivity contribution in [2.45, 2.75) is 19.4 Å². The summed E-state index contributed by atoms with van der Waals surface area (Å²) in [5, 5.41) is 0. The number of terminal acetylenes is 1. The van der Waals surface area contributed by atoms with Crippen LogP contribution >= 0.6 is 0 Å². The smallest absolute Gasteiger partial charge is 0.108 e. The number of fused-ring (bicyclic) bond motifs is 1. The fraction of sp³-hybridized carbons (Fsp3) is 0.455. The summed E-state index contributed by atoms with van der Waals surface area (Å²) in [6.45, 7) is 2.76. The molecule has 0 aromatic carbocycles. The number of furan rings is 1. The average molecular weight is 175 g/mol. The lowest BCUT2D eigenvalue weighted by Crippen LogP contribution is -2.23. The predicted octanol–water partition coefficient (Wildman–Crippen LogP) is 1.66. The zero-order chi connectivity index (χ0) is 9.10. The molecular weight excluding hydrogens is 162 g/mol. The quantitative estimate of drug-likeness (QED) is 0.603. The Balaban J connectivity index is 2.13. The molecule has 13 heavy (non-hydrogen) atoms. The molecule has 0 radical (unpaired) electrons. The molecule has 0 saturated heterocycles. The summed E-state index contributed by atoms with van der Waals surface area (Å²) in [7, 11) is 0. The van der Waals surface area contributed by atoms with E-state index in [2.05, 4.69) is 10.8 Å². The molecule has 2 rings (SSSR count). The van der Waals surface area contributed by atoms with Gasteiger partial charge >= 0.3 is 0 Å². The fourth-order valence-electron chi connectivity index (χ4n) is 1.77. The van der Waals surface area contributed by atoms with Crippen LogP contribution in [0.15, 0.2) is 16.7 Å². The Morgan fingerprint density at radius 1 is 1.62 bits per heavy atom. The van der Waals surface area contributed by atoms with Gasteiger partial charge in [-0.05, 0) is 19.0 Å². The molecule has 0 spiro atoms. The Morgan fingerprint density at radius 3 is 3.38 bits per heavy atom. The van der Waals surface area contributed by atoms with Crippen molar-refractivity contribution in [1.82, 2.24) is 4.90 Å². The van der Waals surface area contributed by atoms with Crippen LogP contribution in [0.3, 0.4) is 0 Å². The molecule has 1 aliphatic heterocycles. The maximum atomic E-state index is 5.38. The second kappa shape index (κ2) is 3.68. The Bertz CT molecular complexity index is 321. The zero-order valence-corrected chi connectivity index (χ0v) is 7.62. The van der Waals surface area contributed by atoms with Gasteiger partial charge in [-0.1, -0.05) is 5.92 Å². The number of aryl methyl sites for hydroxylation is 1. The van der Waals surface area contributed by atoms with Crippen LogP contribution < -0.4 is 0 Å². The highest BCUT2D eigenvalue weighted by molar-refractivity contribution is 5.18. The summed E-state index contributed by atoms with van der Waals surface area (Å²) in [6, 6.07) is 2.05. The van der Waals surface area contributed by atoms with E-state index in [9.17, 15) is 0 Å². The molecule has 68 valence electrons. The van der Waals surface area contributed by atoms with Crippen LogP contribution in [0.25, 0.3) is 0 Å². The zero-order valence-electron chi connectivity index (χ0n) is 7.62. The van der Waals surface area contributed by atoms with E-state index in [1.807, 2.05) is 6.07 Å². The third-order valence-electron chi connectivity index (χ3n) is 2.42. The molecule has 0 aliphatic carbocycles. The van der Waals surface area contributed by atoms with E-state index in [-0.39, 0.29) is 0 Å². The molecule has 0 N–H and O–H groups in total. The van der Waals surface area contributed by atoms with Gasteiger partial charge in [0.1, 0.15) is 5.76 Å². The van der Waals surface area contributed by atoms with E-state index in [0.717, 1.165) is 38.2 Å². The van der Waals surface area contributed by atoms with Crippen molar-refractivity contribution >= 4 is 0 Å². The van der Waals surface area contributed by atoms with E-state index in [1.165, 1.54) is 5.56 Å². The van der Waals surface area contributed by atoms with Gasteiger partial charge in [-0.2, -0.15) is 0 Å². The predicted molar refractivity (Wildman–Crippen MR) is 51.1 cm³/mol. The van der Waals surface area contributed by atoms with Gasteiger partial charge in [0.15, 0.2) is 0 Å². The Morgan fingerprint density at radius 2 is 2.54 bits per heavy atom. The minimum Gasteiger partial charge on any atom is -0.469 e. The molecule has 0 unspecified atom stereocenters. The maximum absolute atomic E-state index is 5.38. The van der Waals surface area contributed by atoms with Gasteiger partial charge in [0.05, 0.1) is 12.8 Å². The lowest BCUT2D eigenvalue weighted by Gasteiger charge is -2.15. The largest absolute Gasteiger partial charge is 0.469 e. The van der Waals surface area contributed by atoms with Crippen LogP contribution in [0.2, 0.25) is 0 Å². The molecule has 2 nitrogen and oxygen atoms in total. The second-order valence-corrected chi connectivity index (χ2v) is 3.39. The Hall–Kier alpha value is -1.20. The van der Waals surface area contributed by atoms with Gasteiger partial charge in [-0.15, -0.1) is 6.42 Å². The second-order valence-electron chi connectivity index (χ2n) is 3.39. The monoisotopic (exact) mass is 175 g/mol. The van der Waals surface area contributed by atoms with Crippen molar-refractivity contribution in [3.63, 3.8) is 0 Å². The molecular formula is C11H13NO. The number of hydrogen-bond acceptors (Lipinski definition) is 2. The van der Waals surface area contributed by atoms with Crippen LogP contribution in [0, 0.1) is 12.3 Å². The van der Waals surface area contributed by atoms with E-state index < -0.39 is 0 Å². The minimum absolute atomic E-state index is 0.741. The molecule has 0 bridgehead atoms. The van der Waals surface area contributed by atoms with E-state index >= 15 is 0 Å². The molecule has 0 amide bonds. The highest BCUT2D eigenvalue weighted by atomic mass is 16.3. The molecule has 0 fully saturated rings. The lowest BCUT2D eigenvalue weighted by molar-refractivity contribution is 0.304. The van der Waals surface area contributed by atoms with Crippen molar-refractivity contribution < 1.29 is 4.42 Å². The topological polar surface area (TPSA) is 16.4 Å². The van der Waals surface area contributed by atoms with E-state index in [1.54, 1.807) is 6.26 Å². The summed E-state index contributed by atoms with van der Waals surface area (Å²) in [5.74, 6) is 3.82. The van der Waals surface area contributed by atoms with Gasteiger partial charge in [0.25, 0.3) is 0 Å². The fourth-order valence-corrected chi connectivity index (χ4v) is 1.77. The third-order valence-corrected chi connectivity index (χ3v) is 2.42. The standard InChI is InChI=1S/C11H13NO/c1-2-6-12-7-3-4-11-10(9-12)5-8-13-11/h1,5,8H,3-4,6-7,9H2. The summed E-state index contributed by atoms with van der Waals surface area (Å²) in [5.41, 5.74) is 1.30. The van der Waals surface area contributed by atoms with Crippen molar-refractivity contribution in [3.8, 4) is 12.3 Å². The Labute approximate surface area is 78.5 Å². The first-order valence-corrected chi connectivity index (χ1v) is 4.61. The van der Waals surface area contributed by atoms with Crippen molar-refractivity contribution in [2.24, 2.45) is 0 Å². The van der Waals surface area contributed by atoms with Gasteiger partial charge in [0.2, 0.25) is 0 Å². The van der Waals surface area contributed by atoms with Crippen LogP contribution in [0.1, 0.15) is 17.7 Å². The molecule has 0 atom stereocenters.